The van der Waals surface area contributed by atoms with Gasteiger partial charge in [0.1, 0.15) is 0 Å². The number of rotatable bonds is 2. The highest BCUT2D eigenvalue weighted by molar-refractivity contribution is 5.96. The highest BCUT2D eigenvalue weighted by Crippen LogP contribution is 2.30. The van der Waals surface area contributed by atoms with Crippen LogP contribution in [0, 0.1) is 6.92 Å². The molecule has 128 valence electrons. The molecule has 4 rings (SSSR count). The van der Waals surface area contributed by atoms with E-state index in [1.54, 1.807) is 0 Å². The predicted octanol–water partition coefficient (Wildman–Crippen LogP) is 3.52. The number of allylic oxidation sites excluding steroid dienone is 3. The average molecular weight is 333 g/mol. The van der Waals surface area contributed by atoms with E-state index in [4.69, 9.17) is 5.73 Å². The van der Waals surface area contributed by atoms with Gasteiger partial charge >= 0.3 is 0 Å². The fourth-order valence-corrected chi connectivity index (χ4v) is 3.72. The van der Waals surface area contributed by atoms with Crippen LogP contribution < -0.4 is 5.73 Å². The molecule has 25 heavy (non-hydrogen) atoms. The number of fused-ring (bicyclic) bond motifs is 2. The van der Waals surface area contributed by atoms with Gasteiger partial charge in [0.2, 0.25) is 0 Å². The van der Waals surface area contributed by atoms with Gasteiger partial charge in [-0.2, -0.15) is 0 Å². The van der Waals surface area contributed by atoms with Gasteiger partial charge in [-0.05, 0) is 60.7 Å². The smallest absolute Gasteiger partial charge is 0.258 e. The molecular formula is C21H23N3O. The lowest BCUT2D eigenvalue weighted by molar-refractivity contribution is 0.0799. The zero-order chi connectivity index (χ0) is 17.4. The first-order chi connectivity index (χ1) is 12.2. The summed E-state index contributed by atoms with van der Waals surface area (Å²) >= 11 is 0. The molecule has 2 heterocycles. The monoisotopic (exact) mass is 333 g/mol. The third kappa shape index (κ3) is 2.83. The van der Waals surface area contributed by atoms with E-state index in [-0.39, 0.29) is 5.91 Å². The van der Waals surface area contributed by atoms with Crippen LogP contribution in [0.1, 0.15) is 40.0 Å². The van der Waals surface area contributed by atoms with E-state index in [9.17, 15) is 4.79 Å². The number of carbonyl (C=O) groups excluding carboxylic acids is 1. The molecule has 0 saturated heterocycles. The number of hydrogen-bond acceptors (Lipinski definition) is 2. The molecule has 4 nitrogen and oxygen atoms in total. The summed E-state index contributed by atoms with van der Waals surface area (Å²) < 4.78 is 2.24. The average Bonchev–Trinajstić information content (AvgIpc) is 3.00. The van der Waals surface area contributed by atoms with Gasteiger partial charge in [-0.1, -0.05) is 18.2 Å². The Morgan fingerprint density at radius 2 is 2.00 bits per heavy atom. The summed E-state index contributed by atoms with van der Waals surface area (Å²) in [5.74, 6) is 0.0559. The quantitative estimate of drug-likeness (QED) is 0.914. The molecule has 0 bridgehead atoms. The van der Waals surface area contributed by atoms with Crippen LogP contribution in [0.5, 0.6) is 0 Å². The van der Waals surface area contributed by atoms with Crippen molar-refractivity contribution in [1.82, 2.24) is 9.47 Å². The van der Waals surface area contributed by atoms with Crippen molar-refractivity contribution in [2.75, 3.05) is 0 Å². The summed E-state index contributed by atoms with van der Waals surface area (Å²) in [6.07, 6.45) is 8.61. The van der Waals surface area contributed by atoms with E-state index in [0.29, 0.717) is 13.1 Å². The zero-order valence-electron chi connectivity index (χ0n) is 14.5. The second-order valence-corrected chi connectivity index (χ2v) is 6.76. The highest BCUT2D eigenvalue weighted by Gasteiger charge is 2.27. The van der Waals surface area contributed by atoms with E-state index in [1.807, 2.05) is 30.0 Å². The van der Waals surface area contributed by atoms with Gasteiger partial charge in [0.05, 0.1) is 6.54 Å². The number of hydrogen-bond donors (Lipinski definition) is 1. The van der Waals surface area contributed by atoms with Crippen molar-refractivity contribution in [2.45, 2.75) is 39.4 Å². The first-order valence-corrected chi connectivity index (χ1v) is 8.82. The highest BCUT2D eigenvalue weighted by atomic mass is 16.2. The van der Waals surface area contributed by atoms with Crippen molar-refractivity contribution >= 4 is 5.91 Å². The van der Waals surface area contributed by atoms with E-state index in [0.717, 1.165) is 41.8 Å². The summed E-state index contributed by atoms with van der Waals surface area (Å²) in [4.78, 5) is 15.2. The Labute approximate surface area is 148 Å². The first-order valence-electron chi connectivity index (χ1n) is 8.82. The Hall–Kier alpha value is -2.59. The van der Waals surface area contributed by atoms with Crippen LogP contribution >= 0.6 is 0 Å². The number of nitrogens with zero attached hydrogens (tertiary/aromatic N) is 2. The Kier molecular flexibility index (Phi) is 4.06. The minimum absolute atomic E-state index is 0.0559. The molecule has 0 fully saturated rings. The molecule has 1 aliphatic heterocycles. The minimum atomic E-state index is 0.0559. The summed E-state index contributed by atoms with van der Waals surface area (Å²) in [6, 6.07) is 9.97. The van der Waals surface area contributed by atoms with Crippen LogP contribution in [0.2, 0.25) is 0 Å². The van der Waals surface area contributed by atoms with Gasteiger partial charge in [-0.25, -0.2) is 0 Å². The Balaban J connectivity index is 1.74. The Morgan fingerprint density at radius 3 is 2.80 bits per heavy atom. The normalized spacial score (nSPS) is 16.5. The molecule has 1 aromatic carbocycles. The minimum Gasteiger partial charge on any atom is -0.345 e. The maximum absolute atomic E-state index is 13.3. The second kappa shape index (κ2) is 6.37. The van der Waals surface area contributed by atoms with Crippen molar-refractivity contribution in [3.63, 3.8) is 0 Å². The van der Waals surface area contributed by atoms with Crippen molar-refractivity contribution in [3.05, 3.63) is 82.3 Å². The van der Waals surface area contributed by atoms with E-state index in [1.165, 1.54) is 11.3 Å². The third-order valence-electron chi connectivity index (χ3n) is 5.15. The molecule has 0 saturated carbocycles. The molecule has 2 aromatic rings. The number of carbonyl (C=O) groups is 1. The molecule has 0 radical (unpaired) electrons. The number of aromatic nitrogens is 1. The zero-order valence-corrected chi connectivity index (χ0v) is 14.5. The Morgan fingerprint density at radius 1 is 1.16 bits per heavy atom. The first kappa shape index (κ1) is 15.9. The fourth-order valence-electron chi connectivity index (χ4n) is 3.72. The fraction of sp³-hybridized carbons (Fsp3) is 0.286. The summed E-state index contributed by atoms with van der Waals surface area (Å²) in [7, 11) is 0. The molecule has 0 unspecified atom stereocenters. The largest absolute Gasteiger partial charge is 0.345 e. The van der Waals surface area contributed by atoms with Crippen LogP contribution in [0.4, 0.5) is 0 Å². The molecule has 1 aromatic heterocycles. The van der Waals surface area contributed by atoms with Crippen LogP contribution in [0.25, 0.3) is 0 Å². The van der Waals surface area contributed by atoms with Crippen LogP contribution in [0.3, 0.4) is 0 Å². The third-order valence-corrected chi connectivity index (χ3v) is 5.15. The second-order valence-electron chi connectivity index (χ2n) is 6.76. The summed E-state index contributed by atoms with van der Waals surface area (Å²) in [5, 5.41) is 0. The van der Waals surface area contributed by atoms with Gasteiger partial charge in [-0.15, -0.1) is 0 Å². The number of amides is 1. The molecule has 0 atom stereocenters. The molecule has 2 N–H and O–H groups in total. The molecule has 2 aliphatic rings. The van der Waals surface area contributed by atoms with E-state index in [2.05, 4.69) is 35.0 Å². The number of nitrogens with two attached hydrogens (primary N) is 1. The molecular weight excluding hydrogens is 310 g/mol. The lowest BCUT2D eigenvalue weighted by Crippen LogP contribution is -2.30. The molecule has 1 aliphatic carbocycles. The van der Waals surface area contributed by atoms with Gasteiger partial charge < -0.3 is 15.2 Å². The van der Waals surface area contributed by atoms with Gasteiger partial charge in [0.25, 0.3) is 5.91 Å². The maximum Gasteiger partial charge on any atom is 0.258 e. The summed E-state index contributed by atoms with van der Waals surface area (Å²) in [5.41, 5.74) is 12.1. The SMILES string of the molecule is Cc1cc(C(=O)N2Cc3cccn3CC3=CCCC=C32)ccc1CN. The van der Waals surface area contributed by atoms with Gasteiger partial charge in [0, 0.05) is 36.2 Å². The lowest BCUT2D eigenvalue weighted by atomic mass is 10.0. The topological polar surface area (TPSA) is 51.3 Å². The van der Waals surface area contributed by atoms with Crippen LogP contribution in [-0.4, -0.2) is 15.4 Å². The molecule has 1 amide bonds. The van der Waals surface area contributed by atoms with Gasteiger partial charge in [0.15, 0.2) is 0 Å². The van der Waals surface area contributed by atoms with E-state index >= 15 is 0 Å². The summed E-state index contributed by atoms with van der Waals surface area (Å²) in [6.45, 7) is 3.95. The molecule has 4 heteroatoms. The van der Waals surface area contributed by atoms with Crippen molar-refractivity contribution in [2.24, 2.45) is 5.73 Å². The Bertz CT molecular complexity index is 888. The van der Waals surface area contributed by atoms with E-state index < -0.39 is 0 Å². The standard InChI is InChI=1S/C21H23N3O/c1-15-11-16(8-9-17(15)12-22)21(25)24-14-19-6-4-10-23(19)13-18-5-2-3-7-20(18)24/h4-11H,2-3,12-14,22H2,1H3. The number of aryl methyl sites for hydroxylation is 1. The number of benzene rings is 1. The lowest BCUT2D eigenvalue weighted by Gasteiger charge is -2.26. The van der Waals surface area contributed by atoms with Crippen molar-refractivity contribution in [3.8, 4) is 0 Å². The maximum atomic E-state index is 13.3. The van der Waals surface area contributed by atoms with Crippen molar-refractivity contribution in [1.29, 1.82) is 0 Å². The van der Waals surface area contributed by atoms with Crippen molar-refractivity contribution < 1.29 is 4.79 Å². The van der Waals surface area contributed by atoms with Crippen LogP contribution in [-0.2, 0) is 19.6 Å². The predicted molar refractivity (Wildman–Crippen MR) is 98.8 cm³/mol. The van der Waals surface area contributed by atoms with Gasteiger partial charge in [-0.3, -0.25) is 4.79 Å². The van der Waals surface area contributed by atoms with Crippen LogP contribution in [0.15, 0.2) is 60.0 Å². The molecule has 0 spiro atoms.